The average Bonchev–Trinajstić information content (AvgIpc) is 2.17. The molecule has 0 aliphatic heterocycles. The number of thioether (sulfide) groups is 1. The van der Waals surface area contributed by atoms with Crippen LogP contribution >= 0.6 is 27.7 Å². The van der Waals surface area contributed by atoms with Crippen molar-refractivity contribution in [3.8, 4) is 6.07 Å². The monoisotopic (exact) mass is 283 g/mol. The molecule has 0 heterocycles. The fraction of sp³-hybridized carbons (Fsp3) is 0. The van der Waals surface area contributed by atoms with Gasteiger partial charge < -0.3 is 0 Å². The van der Waals surface area contributed by atoms with Crippen molar-refractivity contribution in [2.75, 3.05) is 0 Å². The molecule has 0 spiro atoms. The van der Waals surface area contributed by atoms with E-state index in [1.807, 2.05) is 0 Å². The van der Waals surface area contributed by atoms with Gasteiger partial charge in [-0.2, -0.15) is 5.26 Å². The quantitative estimate of drug-likeness (QED) is 0.827. The molecule has 0 fully saturated rings. The van der Waals surface area contributed by atoms with E-state index < -0.39 is 5.82 Å². The van der Waals surface area contributed by atoms with Crippen molar-refractivity contribution >= 4 is 32.6 Å². The highest BCUT2D eigenvalue weighted by atomic mass is 79.9. The predicted molar refractivity (Wildman–Crippen MR) is 65.8 cm³/mol. The molecule has 0 radical (unpaired) electrons. The second-order valence-electron chi connectivity index (χ2n) is 2.69. The fourth-order valence-electron chi connectivity index (χ4n) is 0.977. The smallest absolute Gasteiger partial charge is 0.140 e. The zero-order chi connectivity index (χ0) is 11.4. The van der Waals surface area contributed by atoms with Gasteiger partial charge in [-0.25, -0.2) is 4.39 Å². The first-order valence-electron chi connectivity index (χ1n) is 3.95. The van der Waals surface area contributed by atoms with Crippen molar-refractivity contribution in [2.45, 2.75) is 0 Å². The summed E-state index contributed by atoms with van der Waals surface area (Å²) >= 11 is 4.52. The third-order valence-electron chi connectivity index (χ3n) is 1.64. The molecule has 0 N–H and O–H groups in total. The Morgan fingerprint density at radius 1 is 1.47 bits per heavy atom. The number of benzene rings is 1. The van der Waals surface area contributed by atoms with Crippen molar-refractivity contribution in [3.05, 3.63) is 52.1 Å². The molecule has 1 rings (SSSR count). The van der Waals surface area contributed by atoms with E-state index in [9.17, 15) is 4.39 Å². The van der Waals surface area contributed by atoms with Gasteiger partial charge in [0.25, 0.3) is 0 Å². The molecule has 0 aromatic heterocycles. The fourth-order valence-corrected chi connectivity index (χ4v) is 2.08. The molecule has 0 bridgehead atoms. The molecule has 0 unspecified atom stereocenters. The Bertz CT molecular complexity index is 462. The summed E-state index contributed by atoms with van der Waals surface area (Å²) in [7, 11) is 0. The number of nitrogens with zero attached hydrogens (tertiary/aromatic N) is 1. The standard InChI is InChI=1S/C11H7BrFNS/c1-7(15-8(2)12)9-3-4-11(13)10(5-9)6-14/h3-5H,1-2H2. The molecule has 1 aromatic carbocycles. The molecule has 0 aliphatic rings. The lowest BCUT2D eigenvalue weighted by atomic mass is 10.1. The van der Waals surface area contributed by atoms with Crippen LogP contribution in [0.15, 0.2) is 35.2 Å². The minimum absolute atomic E-state index is 0.0226. The lowest BCUT2D eigenvalue weighted by Crippen LogP contribution is -1.86. The van der Waals surface area contributed by atoms with Gasteiger partial charge in [-0.1, -0.05) is 31.0 Å². The highest BCUT2D eigenvalue weighted by Crippen LogP contribution is 2.34. The molecule has 0 saturated heterocycles. The molecule has 0 saturated carbocycles. The highest BCUT2D eigenvalue weighted by Gasteiger charge is 2.06. The summed E-state index contributed by atoms with van der Waals surface area (Å²) in [6.45, 7) is 7.47. The molecule has 4 heteroatoms. The van der Waals surface area contributed by atoms with Crippen LogP contribution in [0.3, 0.4) is 0 Å². The highest BCUT2D eigenvalue weighted by molar-refractivity contribution is 9.14. The summed E-state index contributed by atoms with van der Waals surface area (Å²) in [5.41, 5.74) is 0.744. The number of nitriles is 1. The van der Waals surface area contributed by atoms with Crippen LogP contribution in [0.2, 0.25) is 0 Å². The van der Waals surface area contributed by atoms with Gasteiger partial charge in [0.15, 0.2) is 0 Å². The maximum absolute atomic E-state index is 13.0. The van der Waals surface area contributed by atoms with E-state index in [2.05, 4.69) is 29.1 Å². The lowest BCUT2D eigenvalue weighted by Gasteiger charge is -2.04. The molecule has 15 heavy (non-hydrogen) atoms. The molecular formula is C11H7BrFNS. The van der Waals surface area contributed by atoms with E-state index in [4.69, 9.17) is 5.26 Å². The summed E-state index contributed by atoms with van der Waals surface area (Å²) in [5.74, 6) is -0.517. The van der Waals surface area contributed by atoms with Crippen LogP contribution in [0.4, 0.5) is 4.39 Å². The molecule has 1 aromatic rings. The zero-order valence-corrected chi connectivity index (χ0v) is 10.2. The van der Waals surface area contributed by atoms with Gasteiger partial charge in [-0.05, 0) is 33.6 Å². The second-order valence-corrected chi connectivity index (χ2v) is 5.36. The van der Waals surface area contributed by atoms with Gasteiger partial charge in [0, 0.05) is 8.72 Å². The van der Waals surface area contributed by atoms with Crippen molar-refractivity contribution < 1.29 is 4.39 Å². The number of rotatable bonds is 3. The van der Waals surface area contributed by atoms with Gasteiger partial charge in [0.1, 0.15) is 11.9 Å². The van der Waals surface area contributed by atoms with Crippen molar-refractivity contribution in [3.63, 3.8) is 0 Å². The summed E-state index contributed by atoms with van der Waals surface area (Å²) in [5, 5.41) is 8.65. The minimum atomic E-state index is -0.517. The van der Waals surface area contributed by atoms with Crippen molar-refractivity contribution in [1.82, 2.24) is 0 Å². The van der Waals surface area contributed by atoms with Crippen LogP contribution in [-0.2, 0) is 0 Å². The van der Waals surface area contributed by atoms with E-state index in [1.54, 1.807) is 12.1 Å². The molecular weight excluding hydrogens is 277 g/mol. The van der Waals surface area contributed by atoms with E-state index in [0.717, 1.165) is 9.38 Å². The van der Waals surface area contributed by atoms with Gasteiger partial charge >= 0.3 is 0 Å². The SMILES string of the molecule is C=C(Br)SC(=C)c1ccc(F)c(C#N)c1. The third kappa shape index (κ3) is 3.22. The van der Waals surface area contributed by atoms with E-state index >= 15 is 0 Å². The Morgan fingerprint density at radius 3 is 2.67 bits per heavy atom. The minimum Gasteiger partial charge on any atom is -0.206 e. The summed E-state index contributed by atoms with van der Waals surface area (Å²) in [4.78, 5) is 0.716. The lowest BCUT2D eigenvalue weighted by molar-refractivity contribution is 0.624. The Kier molecular flexibility index (Phi) is 4.13. The summed E-state index contributed by atoms with van der Waals surface area (Å²) in [6, 6.07) is 6.10. The maximum atomic E-state index is 13.0. The van der Waals surface area contributed by atoms with Gasteiger partial charge in [-0.3, -0.25) is 0 Å². The number of hydrogen-bond donors (Lipinski definition) is 0. The van der Waals surface area contributed by atoms with E-state index in [-0.39, 0.29) is 5.56 Å². The first-order valence-corrected chi connectivity index (χ1v) is 5.56. The summed E-state index contributed by atoms with van der Waals surface area (Å²) in [6.07, 6.45) is 0. The molecule has 0 amide bonds. The molecule has 1 nitrogen and oxygen atoms in total. The number of halogens is 2. The second kappa shape index (κ2) is 5.15. The van der Waals surface area contributed by atoms with Gasteiger partial charge in [0.2, 0.25) is 0 Å². The Morgan fingerprint density at radius 2 is 2.13 bits per heavy atom. The Labute approximate surface area is 100 Å². The Hall–Kier alpha value is -1.05. The summed E-state index contributed by atoms with van der Waals surface area (Å²) < 4.78 is 13.7. The van der Waals surface area contributed by atoms with Crippen molar-refractivity contribution in [1.29, 1.82) is 5.26 Å². The molecule has 76 valence electrons. The predicted octanol–water partition coefficient (Wildman–Crippen LogP) is 4.27. The Balaban J connectivity index is 3.02. The largest absolute Gasteiger partial charge is 0.206 e. The third-order valence-corrected chi connectivity index (χ3v) is 2.83. The van der Waals surface area contributed by atoms with Crippen LogP contribution in [0, 0.1) is 17.1 Å². The van der Waals surface area contributed by atoms with Crippen LogP contribution in [0.5, 0.6) is 0 Å². The first kappa shape index (κ1) is 12.0. The maximum Gasteiger partial charge on any atom is 0.140 e. The van der Waals surface area contributed by atoms with Crippen LogP contribution in [0.25, 0.3) is 4.91 Å². The first-order chi connectivity index (χ1) is 7.04. The molecule has 0 aliphatic carbocycles. The van der Waals surface area contributed by atoms with Gasteiger partial charge in [0.05, 0.1) is 5.56 Å². The molecule has 0 atom stereocenters. The average molecular weight is 284 g/mol. The van der Waals surface area contributed by atoms with Crippen LogP contribution < -0.4 is 0 Å². The van der Waals surface area contributed by atoms with E-state index in [1.165, 1.54) is 23.9 Å². The topological polar surface area (TPSA) is 23.8 Å². The van der Waals surface area contributed by atoms with Crippen LogP contribution in [0.1, 0.15) is 11.1 Å². The number of hydrogen-bond acceptors (Lipinski definition) is 2. The normalized spacial score (nSPS) is 9.40. The zero-order valence-electron chi connectivity index (χ0n) is 7.76. The van der Waals surface area contributed by atoms with Gasteiger partial charge in [-0.15, -0.1) is 0 Å². The van der Waals surface area contributed by atoms with E-state index in [0.29, 0.717) is 4.91 Å². The van der Waals surface area contributed by atoms with Crippen LogP contribution in [-0.4, -0.2) is 0 Å². The van der Waals surface area contributed by atoms with Crippen molar-refractivity contribution in [2.24, 2.45) is 0 Å².